The van der Waals surface area contributed by atoms with Crippen LogP contribution in [0.3, 0.4) is 0 Å². The van der Waals surface area contributed by atoms with Crippen LogP contribution in [0.5, 0.6) is 5.75 Å². The van der Waals surface area contributed by atoms with Crippen molar-refractivity contribution in [1.82, 2.24) is 0 Å². The number of unbranched alkanes of at least 4 members (excludes halogenated alkanes) is 1. The molecule has 3 nitrogen and oxygen atoms in total. The van der Waals surface area contributed by atoms with Crippen LogP contribution in [0.1, 0.15) is 93.9 Å². The molecule has 2 aromatic rings. The van der Waals surface area contributed by atoms with Crippen LogP contribution in [0.2, 0.25) is 0 Å². The van der Waals surface area contributed by atoms with Crippen molar-refractivity contribution in [2.24, 2.45) is 5.92 Å². The van der Waals surface area contributed by atoms with Crippen molar-refractivity contribution in [1.29, 1.82) is 5.26 Å². The SMILES string of the molecule is CCCCC(CC)Cc1ccc(OC(=O)C2(c3ccc(C)cc3)CCCCC2)c(C#N)c1. The Morgan fingerprint density at radius 1 is 1.09 bits per heavy atom. The van der Waals surface area contributed by atoms with Gasteiger partial charge in [-0.25, -0.2) is 0 Å². The first kappa shape index (κ1) is 24.1. The molecule has 0 saturated heterocycles. The second kappa shape index (κ2) is 11.3. The molecule has 1 aliphatic carbocycles. The van der Waals surface area contributed by atoms with Crippen molar-refractivity contribution >= 4 is 5.97 Å². The number of carbonyl (C=O) groups is 1. The van der Waals surface area contributed by atoms with Gasteiger partial charge in [0.2, 0.25) is 0 Å². The summed E-state index contributed by atoms with van der Waals surface area (Å²) >= 11 is 0. The molecule has 0 heterocycles. The van der Waals surface area contributed by atoms with Gasteiger partial charge in [-0.1, -0.05) is 94.7 Å². The van der Waals surface area contributed by atoms with Gasteiger partial charge in [0.15, 0.2) is 0 Å². The van der Waals surface area contributed by atoms with Crippen molar-refractivity contribution < 1.29 is 9.53 Å². The normalized spacial score (nSPS) is 16.2. The van der Waals surface area contributed by atoms with Crippen LogP contribution in [0.4, 0.5) is 0 Å². The summed E-state index contributed by atoms with van der Waals surface area (Å²) in [6.45, 7) is 6.51. The van der Waals surface area contributed by atoms with E-state index in [9.17, 15) is 10.1 Å². The number of hydrogen-bond acceptors (Lipinski definition) is 3. The van der Waals surface area contributed by atoms with E-state index in [1.807, 2.05) is 18.2 Å². The third kappa shape index (κ3) is 5.60. The molecule has 1 saturated carbocycles. The molecular formula is C29H37NO2. The highest BCUT2D eigenvalue weighted by molar-refractivity contribution is 5.85. The topological polar surface area (TPSA) is 50.1 Å². The molecule has 1 unspecified atom stereocenters. The van der Waals surface area contributed by atoms with Gasteiger partial charge in [0, 0.05) is 0 Å². The van der Waals surface area contributed by atoms with Crippen LogP contribution in [-0.4, -0.2) is 5.97 Å². The van der Waals surface area contributed by atoms with Crippen LogP contribution in [-0.2, 0) is 16.6 Å². The van der Waals surface area contributed by atoms with Gasteiger partial charge in [-0.15, -0.1) is 0 Å². The fourth-order valence-corrected chi connectivity index (χ4v) is 4.99. The van der Waals surface area contributed by atoms with E-state index < -0.39 is 5.41 Å². The maximum absolute atomic E-state index is 13.5. The second-order valence-electron chi connectivity index (χ2n) is 9.46. The molecule has 2 aromatic carbocycles. The van der Waals surface area contributed by atoms with Crippen molar-refractivity contribution in [2.75, 3.05) is 0 Å². The van der Waals surface area contributed by atoms with E-state index in [4.69, 9.17) is 4.74 Å². The van der Waals surface area contributed by atoms with Gasteiger partial charge in [0.25, 0.3) is 0 Å². The van der Waals surface area contributed by atoms with Crippen molar-refractivity contribution in [3.63, 3.8) is 0 Å². The largest absolute Gasteiger partial charge is 0.424 e. The Morgan fingerprint density at radius 2 is 1.81 bits per heavy atom. The van der Waals surface area contributed by atoms with E-state index in [2.05, 4.69) is 51.1 Å². The Hall–Kier alpha value is -2.60. The van der Waals surface area contributed by atoms with E-state index in [0.29, 0.717) is 17.2 Å². The van der Waals surface area contributed by atoms with Gasteiger partial charge in [-0.2, -0.15) is 5.26 Å². The smallest absolute Gasteiger partial charge is 0.321 e. The Balaban J connectivity index is 1.82. The summed E-state index contributed by atoms with van der Waals surface area (Å²) in [5, 5.41) is 9.77. The number of hydrogen-bond donors (Lipinski definition) is 0. The minimum atomic E-state index is -0.620. The molecule has 0 N–H and O–H groups in total. The number of aryl methyl sites for hydroxylation is 1. The van der Waals surface area contributed by atoms with E-state index in [1.165, 1.54) is 24.8 Å². The minimum Gasteiger partial charge on any atom is -0.424 e. The van der Waals surface area contributed by atoms with Crippen LogP contribution >= 0.6 is 0 Å². The van der Waals surface area contributed by atoms with Crippen LogP contribution in [0.25, 0.3) is 0 Å². The number of rotatable bonds is 9. The van der Waals surface area contributed by atoms with Gasteiger partial charge in [0.05, 0.1) is 11.0 Å². The van der Waals surface area contributed by atoms with Crippen molar-refractivity contribution in [2.45, 2.75) is 90.4 Å². The highest BCUT2D eigenvalue weighted by Gasteiger charge is 2.43. The third-order valence-electron chi connectivity index (χ3n) is 7.14. The maximum Gasteiger partial charge on any atom is 0.321 e. The summed E-state index contributed by atoms with van der Waals surface area (Å²) in [6, 6.07) is 16.3. The predicted octanol–water partition coefficient (Wildman–Crippen LogP) is 7.43. The molecular weight excluding hydrogens is 394 g/mol. The highest BCUT2D eigenvalue weighted by atomic mass is 16.5. The van der Waals surface area contributed by atoms with E-state index in [0.717, 1.165) is 56.1 Å². The zero-order chi connectivity index (χ0) is 23.0. The lowest BCUT2D eigenvalue weighted by molar-refractivity contribution is -0.142. The number of carbonyl (C=O) groups excluding carboxylic acids is 1. The first-order valence-electron chi connectivity index (χ1n) is 12.3. The van der Waals surface area contributed by atoms with Gasteiger partial charge < -0.3 is 4.74 Å². The first-order valence-corrected chi connectivity index (χ1v) is 12.3. The molecule has 1 atom stereocenters. The number of ether oxygens (including phenoxy) is 1. The Labute approximate surface area is 193 Å². The van der Waals surface area contributed by atoms with E-state index in [1.54, 1.807) is 0 Å². The van der Waals surface area contributed by atoms with E-state index >= 15 is 0 Å². The molecule has 0 aliphatic heterocycles. The second-order valence-corrected chi connectivity index (χ2v) is 9.46. The lowest BCUT2D eigenvalue weighted by Gasteiger charge is -2.35. The van der Waals surface area contributed by atoms with Gasteiger partial charge in [-0.05, 0) is 55.4 Å². The summed E-state index contributed by atoms with van der Waals surface area (Å²) in [5.41, 5.74) is 3.20. The standard InChI is InChI=1S/C29H37NO2/c1-4-6-10-23(5-2)19-24-13-16-27(25(20-24)21-30)32-28(31)29(17-8-7-9-18-29)26-14-11-22(3)12-15-26/h11-16,20,23H,4-10,17-19H2,1-3H3. The molecule has 32 heavy (non-hydrogen) atoms. The molecule has 0 spiro atoms. The molecule has 1 fully saturated rings. The molecule has 0 aromatic heterocycles. The van der Waals surface area contributed by atoms with Gasteiger partial charge >= 0.3 is 5.97 Å². The zero-order valence-electron chi connectivity index (χ0n) is 20.0. The minimum absolute atomic E-state index is 0.223. The summed E-state index contributed by atoms with van der Waals surface area (Å²) < 4.78 is 5.95. The zero-order valence-corrected chi connectivity index (χ0v) is 20.0. The number of nitriles is 1. The lowest BCUT2D eigenvalue weighted by Crippen LogP contribution is -2.41. The fourth-order valence-electron chi connectivity index (χ4n) is 4.99. The molecule has 3 heteroatoms. The van der Waals surface area contributed by atoms with Gasteiger partial charge in [0.1, 0.15) is 11.8 Å². The van der Waals surface area contributed by atoms with Crippen molar-refractivity contribution in [3.05, 3.63) is 64.7 Å². The fraction of sp³-hybridized carbons (Fsp3) is 0.517. The number of benzene rings is 2. The quantitative estimate of drug-likeness (QED) is 0.306. The molecule has 170 valence electrons. The molecule has 1 aliphatic rings. The maximum atomic E-state index is 13.5. The molecule has 0 radical (unpaired) electrons. The highest BCUT2D eigenvalue weighted by Crippen LogP contribution is 2.41. The van der Waals surface area contributed by atoms with Crippen molar-refractivity contribution in [3.8, 4) is 11.8 Å². The number of nitrogens with zero attached hydrogens (tertiary/aromatic N) is 1. The van der Waals surface area contributed by atoms with Crippen LogP contribution < -0.4 is 4.74 Å². The van der Waals surface area contributed by atoms with Crippen LogP contribution in [0.15, 0.2) is 42.5 Å². The predicted molar refractivity (Wildman–Crippen MR) is 130 cm³/mol. The summed E-state index contributed by atoms with van der Waals surface area (Å²) in [5.74, 6) is 0.793. The molecule has 0 bridgehead atoms. The first-order chi connectivity index (χ1) is 15.5. The Bertz CT molecular complexity index is 933. The third-order valence-corrected chi connectivity index (χ3v) is 7.14. The Kier molecular flexibility index (Phi) is 8.51. The van der Waals surface area contributed by atoms with Crippen LogP contribution in [0, 0.1) is 24.2 Å². The number of esters is 1. The average molecular weight is 432 g/mol. The monoisotopic (exact) mass is 431 g/mol. The summed E-state index contributed by atoms with van der Waals surface area (Å²) in [6.07, 6.45) is 10.5. The molecule has 3 rings (SSSR count). The average Bonchev–Trinajstić information content (AvgIpc) is 2.83. The summed E-state index contributed by atoms with van der Waals surface area (Å²) in [4.78, 5) is 13.5. The Morgan fingerprint density at radius 3 is 2.44 bits per heavy atom. The lowest BCUT2D eigenvalue weighted by atomic mass is 9.69. The van der Waals surface area contributed by atoms with Gasteiger partial charge in [-0.3, -0.25) is 4.79 Å². The van der Waals surface area contributed by atoms with E-state index in [-0.39, 0.29) is 5.97 Å². The summed E-state index contributed by atoms with van der Waals surface area (Å²) in [7, 11) is 0. The molecule has 0 amide bonds.